The van der Waals surface area contributed by atoms with Crippen LogP contribution in [0.5, 0.6) is 0 Å². The van der Waals surface area contributed by atoms with Crippen molar-refractivity contribution in [1.82, 2.24) is 0 Å². The molecule has 0 saturated heterocycles. The number of hydrogen-bond acceptors (Lipinski definition) is 1. The number of ketones is 1. The van der Waals surface area contributed by atoms with Crippen LogP contribution in [0.1, 0.15) is 12.5 Å². The lowest BCUT2D eigenvalue weighted by atomic mass is 10.1. The van der Waals surface area contributed by atoms with E-state index in [9.17, 15) is 22.4 Å². The zero-order valence-corrected chi connectivity index (χ0v) is 7.20. The highest BCUT2D eigenvalue weighted by atomic mass is 19.2. The number of hydrogen-bond donors (Lipinski definition) is 0. The lowest BCUT2D eigenvalue weighted by Gasteiger charge is -2.04. The van der Waals surface area contributed by atoms with Crippen LogP contribution in [-0.4, -0.2) is 5.78 Å². The van der Waals surface area contributed by atoms with E-state index in [2.05, 4.69) is 0 Å². The Morgan fingerprint density at radius 1 is 1.14 bits per heavy atom. The standard InChI is InChI=1S/C9H6F4O/c1-4(14)2-5-8(12)6(10)3-7(11)9(5)13/h3H,2H2,1H3. The molecule has 0 heterocycles. The van der Waals surface area contributed by atoms with Gasteiger partial charge in [0.25, 0.3) is 0 Å². The molecule has 1 aromatic carbocycles. The van der Waals surface area contributed by atoms with Crippen molar-refractivity contribution in [3.8, 4) is 0 Å². The van der Waals surface area contributed by atoms with Crippen molar-refractivity contribution in [3.63, 3.8) is 0 Å². The number of carbonyl (C=O) groups is 1. The highest BCUT2D eigenvalue weighted by molar-refractivity contribution is 5.78. The molecule has 0 aliphatic rings. The van der Waals surface area contributed by atoms with Crippen molar-refractivity contribution < 1.29 is 22.4 Å². The highest BCUT2D eigenvalue weighted by Gasteiger charge is 2.19. The van der Waals surface area contributed by atoms with Crippen LogP contribution in [0.3, 0.4) is 0 Å². The molecule has 0 spiro atoms. The molecule has 1 rings (SSSR count). The first-order valence-electron chi connectivity index (χ1n) is 3.74. The average molecular weight is 206 g/mol. The van der Waals surface area contributed by atoms with Gasteiger partial charge in [0.1, 0.15) is 5.78 Å². The Bertz CT molecular complexity index is 361. The molecule has 0 fully saturated rings. The van der Waals surface area contributed by atoms with Gasteiger partial charge in [-0.1, -0.05) is 0 Å². The predicted molar refractivity (Wildman–Crippen MR) is 40.7 cm³/mol. The fourth-order valence-electron chi connectivity index (χ4n) is 1.03. The van der Waals surface area contributed by atoms with Crippen molar-refractivity contribution in [2.75, 3.05) is 0 Å². The first kappa shape index (κ1) is 10.7. The summed E-state index contributed by atoms with van der Waals surface area (Å²) in [6.45, 7) is 1.07. The summed E-state index contributed by atoms with van der Waals surface area (Å²) in [5.74, 6) is -6.61. The molecule has 76 valence electrons. The largest absolute Gasteiger partial charge is 0.300 e. The van der Waals surface area contributed by atoms with E-state index in [4.69, 9.17) is 0 Å². The number of Topliss-reactive ketones (excluding diaryl/α,β-unsaturated/α-hetero) is 1. The van der Waals surface area contributed by atoms with Crippen LogP contribution < -0.4 is 0 Å². The Labute approximate surface area is 77.3 Å². The molecule has 0 aliphatic heterocycles. The molecule has 0 atom stereocenters. The van der Waals surface area contributed by atoms with Crippen molar-refractivity contribution in [1.29, 1.82) is 0 Å². The molecule has 0 aromatic heterocycles. The maximum Gasteiger partial charge on any atom is 0.165 e. The molecule has 0 bridgehead atoms. The van der Waals surface area contributed by atoms with E-state index in [1.54, 1.807) is 0 Å². The number of carbonyl (C=O) groups excluding carboxylic acids is 1. The summed E-state index contributed by atoms with van der Waals surface area (Å²) < 4.78 is 50.9. The Balaban J connectivity index is 3.31. The minimum atomic E-state index is -1.51. The molecule has 1 nitrogen and oxygen atoms in total. The fourth-order valence-corrected chi connectivity index (χ4v) is 1.03. The van der Waals surface area contributed by atoms with Crippen LogP contribution in [0, 0.1) is 23.3 Å². The Morgan fingerprint density at radius 3 is 1.93 bits per heavy atom. The lowest BCUT2D eigenvalue weighted by molar-refractivity contribution is -0.116. The van der Waals surface area contributed by atoms with Crippen molar-refractivity contribution >= 4 is 5.78 Å². The smallest absolute Gasteiger partial charge is 0.165 e. The summed E-state index contributed by atoms with van der Waals surface area (Å²) in [7, 11) is 0. The third kappa shape index (κ3) is 1.92. The van der Waals surface area contributed by atoms with E-state index in [1.165, 1.54) is 0 Å². The Morgan fingerprint density at radius 2 is 1.57 bits per heavy atom. The molecule has 0 saturated carbocycles. The second-order valence-electron chi connectivity index (χ2n) is 2.83. The maximum absolute atomic E-state index is 12.9. The van der Waals surface area contributed by atoms with Gasteiger partial charge in [-0.15, -0.1) is 0 Å². The Kier molecular flexibility index (Phi) is 2.88. The lowest BCUT2D eigenvalue weighted by Crippen LogP contribution is -2.07. The van der Waals surface area contributed by atoms with Crippen LogP contribution in [0.25, 0.3) is 0 Å². The summed E-state index contributed by atoms with van der Waals surface area (Å²) in [5, 5.41) is 0. The molecule has 1 aromatic rings. The summed E-state index contributed by atoms with van der Waals surface area (Å²) in [6.07, 6.45) is -0.660. The zero-order valence-electron chi connectivity index (χ0n) is 7.20. The van der Waals surface area contributed by atoms with Gasteiger partial charge in [0.15, 0.2) is 23.3 Å². The highest BCUT2D eigenvalue weighted by Crippen LogP contribution is 2.19. The first-order valence-corrected chi connectivity index (χ1v) is 3.74. The summed E-state index contributed by atoms with van der Waals surface area (Å²) in [6, 6.07) is 0.105. The number of rotatable bonds is 2. The van der Waals surface area contributed by atoms with Crippen LogP contribution in [0.4, 0.5) is 17.6 Å². The van der Waals surface area contributed by atoms with Crippen LogP contribution in [-0.2, 0) is 11.2 Å². The van der Waals surface area contributed by atoms with E-state index in [1.807, 2.05) is 0 Å². The Hall–Kier alpha value is -1.39. The van der Waals surface area contributed by atoms with Gasteiger partial charge in [-0.05, 0) is 6.92 Å². The molecule has 0 N–H and O–H groups in total. The second kappa shape index (κ2) is 3.77. The summed E-state index contributed by atoms with van der Waals surface area (Å²) >= 11 is 0. The molecular formula is C9H6F4O. The molecule has 0 unspecified atom stereocenters. The quantitative estimate of drug-likeness (QED) is 0.536. The minimum Gasteiger partial charge on any atom is -0.300 e. The minimum absolute atomic E-state index is 0.105. The number of benzene rings is 1. The van der Waals surface area contributed by atoms with E-state index in [-0.39, 0.29) is 6.07 Å². The van der Waals surface area contributed by atoms with Gasteiger partial charge in [-0.3, -0.25) is 4.79 Å². The van der Waals surface area contributed by atoms with Gasteiger partial charge in [-0.2, -0.15) is 0 Å². The molecule has 0 radical (unpaired) electrons. The number of halogens is 4. The third-order valence-corrected chi connectivity index (χ3v) is 1.63. The third-order valence-electron chi connectivity index (χ3n) is 1.63. The van der Waals surface area contributed by atoms with Gasteiger partial charge in [0.05, 0.1) is 0 Å². The SMILES string of the molecule is CC(=O)Cc1c(F)c(F)cc(F)c1F. The fraction of sp³-hybridized carbons (Fsp3) is 0.222. The van der Waals surface area contributed by atoms with Gasteiger partial charge >= 0.3 is 0 Å². The summed E-state index contributed by atoms with van der Waals surface area (Å²) in [5.41, 5.74) is -0.866. The molecule has 14 heavy (non-hydrogen) atoms. The molecule has 0 amide bonds. The van der Waals surface area contributed by atoms with Gasteiger partial charge in [0.2, 0.25) is 0 Å². The predicted octanol–water partition coefficient (Wildman–Crippen LogP) is 2.37. The topological polar surface area (TPSA) is 17.1 Å². The maximum atomic E-state index is 12.9. The van der Waals surface area contributed by atoms with Crippen LogP contribution in [0.15, 0.2) is 6.07 Å². The van der Waals surface area contributed by atoms with Crippen molar-refractivity contribution in [2.24, 2.45) is 0 Å². The van der Waals surface area contributed by atoms with Crippen LogP contribution in [0.2, 0.25) is 0 Å². The van der Waals surface area contributed by atoms with E-state index in [0.717, 1.165) is 6.92 Å². The average Bonchev–Trinajstić information content (AvgIpc) is 2.09. The molecule has 0 aliphatic carbocycles. The normalized spacial score (nSPS) is 10.4. The molecular weight excluding hydrogens is 200 g/mol. The van der Waals surface area contributed by atoms with Gasteiger partial charge in [0, 0.05) is 18.1 Å². The zero-order chi connectivity index (χ0) is 10.9. The van der Waals surface area contributed by atoms with Crippen molar-refractivity contribution in [2.45, 2.75) is 13.3 Å². The molecule has 5 heteroatoms. The van der Waals surface area contributed by atoms with E-state index in [0.29, 0.717) is 0 Å². The monoisotopic (exact) mass is 206 g/mol. The van der Waals surface area contributed by atoms with E-state index >= 15 is 0 Å². The first-order chi connectivity index (χ1) is 6.43. The van der Waals surface area contributed by atoms with E-state index < -0.39 is 41.0 Å². The second-order valence-corrected chi connectivity index (χ2v) is 2.83. The van der Waals surface area contributed by atoms with Gasteiger partial charge < -0.3 is 0 Å². The summed E-state index contributed by atoms with van der Waals surface area (Å²) in [4.78, 5) is 10.6. The van der Waals surface area contributed by atoms with Gasteiger partial charge in [-0.25, -0.2) is 17.6 Å². The van der Waals surface area contributed by atoms with Crippen molar-refractivity contribution in [3.05, 3.63) is 34.9 Å². The van der Waals surface area contributed by atoms with Crippen LogP contribution >= 0.6 is 0 Å².